The highest BCUT2D eigenvalue weighted by molar-refractivity contribution is 6.35. The zero-order valence-corrected chi connectivity index (χ0v) is 12.1. The van der Waals surface area contributed by atoms with Crippen LogP contribution in [-0.4, -0.2) is 22.0 Å². The topological polar surface area (TPSA) is 79.3 Å². The van der Waals surface area contributed by atoms with Gasteiger partial charge in [0.2, 0.25) is 0 Å². The fourth-order valence-electron chi connectivity index (χ4n) is 1.66. The summed E-state index contributed by atoms with van der Waals surface area (Å²) in [5.41, 5.74) is 1.38. The van der Waals surface area contributed by atoms with E-state index in [2.05, 4.69) is 10.3 Å². The zero-order valence-electron chi connectivity index (χ0n) is 10.6. The van der Waals surface area contributed by atoms with Crippen molar-refractivity contribution in [1.82, 2.24) is 4.98 Å². The predicted octanol–water partition coefficient (Wildman–Crippen LogP) is 3.27. The van der Waals surface area contributed by atoms with Gasteiger partial charge in [0.05, 0.1) is 12.0 Å². The van der Waals surface area contributed by atoms with E-state index in [1.807, 2.05) is 0 Å². The number of anilines is 1. The molecule has 1 heterocycles. The summed E-state index contributed by atoms with van der Waals surface area (Å²) in [7, 11) is 0. The predicted molar refractivity (Wildman–Crippen MR) is 80.0 cm³/mol. The molecule has 2 N–H and O–H groups in total. The number of halogens is 2. The second kappa shape index (κ2) is 6.56. The molecule has 1 aromatic carbocycles. The number of hydrogen-bond acceptors (Lipinski definition) is 3. The summed E-state index contributed by atoms with van der Waals surface area (Å²) in [4.78, 5) is 26.4. The second-order valence-corrected chi connectivity index (χ2v) is 4.94. The Labute approximate surface area is 130 Å². The molecule has 21 heavy (non-hydrogen) atoms. The monoisotopic (exact) mass is 324 g/mol. The van der Waals surface area contributed by atoms with Gasteiger partial charge in [-0.25, -0.2) is 4.98 Å². The van der Waals surface area contributed by atoms with Gasteiger partial charge in [-0.3, -0.25) is 9.59 Å². The van der Waals surface area contributed by atoms with Crippen molar-refractivity contribution < 1.29 is 14.7 Å². The van der Waals surface area contributed by atoms with Crippen LogP contribution in [0.2, 0.25) is 10.3 Å². The molecule has 108 valence electrons. The largest absolute Gasteiger partial charge is 0.481 e. The average molecular weight is 325 g/mol. The molecular weight excluding hydrogens is 315 g/mol. The molecule has 0 radical (unpaired) electrons. The lowest BCUT2D eigenvalue weighted by molar-refractivity contribution is -0.136. The zero-order chi connectivity index (χ0) is 15.4. The molecule has 0 saturated carbocycles. The molecule has 0 fully saturated rings. The van der Waals surface area contributed by atoms with Gasteiger partial charge >= 0.3 is 5.97 Å². The number of carbonyl (C=O) groups is 2. The Morgan fingerprint density at radius 2 is 1.76 bits per heavy atom. The number of nitrogens with zero attached hydrogens (tertiary/aromatic N) is 1. The number of hydrogen-bond donors (Lipinski definition) is 2. The Bertz CT molecular complexity index is 687. The van der Waals surface area contributed by atoms with Crippen LogP contribution in [0.15, 0.2) is 36.4 Å². The van der Waals surface area contributed by atoms with E-state index in [1.54, 1.807) is 24.3 Å². The van der Waals surface area contributed by atoms with Gasteiger partial charge in [0, 0.05) is 5.69 Å². The quantitative estimate of drug-likeness (QED) is 0.846. The van der Waals surface area contributed by atoms with E-state index >= 15 is 0 Å². The van der Waals surface area contributed by atoms with E-state index in [1.165, 1.54) is 12.1 Å². The minimum atomic E-state index is -0.911. The summed E-state index contributed by atoms with van der Waals surface area (Å²) in [6.45, 7) is 0. The van der Waals surface area contributed by atoms with Crippen molar-refractivity contribution in [2.24, 2.45) is 0 Å². The first-order valence-electron chi connectivity index (χ1n) is 5.90. The highest BCUT2D eigenvalue weighted by atomic mass is 35.5. The lowest BCUT2D eigenvalue weighted by Gasteiger charge is -2.07. The van der Waals surface area contributed by atoms with E-state index in [-0.39, 0.29) is 22.3 Å². The second-order valence-electron chi connectivity index (χ2n) is 4.19. The van der Waals surface area contributed by atoms with Crippen LogP contribution in [0.5, 0.6) is 0 Å². The Morgan fingerprint density at radius 1 is 1.10 bits per heavy atom. The van der Waals surface area contributed by atoms with E-state index in [9.17, 15) is 9.59 Å². The molecule has 5 nitrogen and oxygen atoms in total. The number of aromatic nitrogens is 1. The first-order chi connectivity index (χ1) is 9.95. The van der Waals surface area contributed by atoms with Gasteiger partial charge in [-0.05, 0) is 29.8 Å². The fraction of sp³-hybridized carbons (Fsp3) is 0.0714. The third-order valence-electron chi connectivity index (χ3n) is 2.63. The van der Waals surface area contributed by atoms with Crippen molar-refractivity contribution >= 4 is 40.8 Å². The molecule has 0 atom stereocenters. The highest BCUT2D eigenvalue weighted by Gasteiger charge is 2.12. The summed E-state index contributed by atoms with van der Waals surface area (Å²) in [6, 6.07) is 9.45. The van der Waals surface area contributed by atoms with Crippen LogP contribution in [0.1, 0.15) is 15.9 Å². The first-order valence-corrected chi connectivity index (χ1v) is 6.65. The molecule has 0 unspecified atom stereocenters. The molecule has 0 saturated heterocycles. The van der Waals surface area contributed by atoms with Crippen LogP contribution in [-0.2, 0) is 11.2 Å². The summed E-state index contributed by atoms with van der Waals surface area (Å²) in [5.74, 6) is -1.33. The Kier molecular flexibility index (Phi) is 4.77. The number of carboxylic acids is 1. The maximum absolute atomic E-state index is 12.0. The lowest BCUT2D eigenvalue weighted by Crippen LogP contribution is -2.13. The van der Waals surface area contributed by atoms with Gasteiger partial charge in [0.1, 0.15) is 10.3 Å². The first kappa shape index (κ1) is 15.3. The molecule has 1 aromatic heterocycles. The van der Waals surface area contributed by atoms with Gasteiger partial charge in [0.15, 0.2) is 0 Å². The van der Waals surface area contributed by atoms with Gasteiger partial charge in [0.25, 0.3) is 5.91 Å². The molecule has 0 spiro atoms. The number of pyridine rings is 1. The van der Waals surface area contributed by atoms with Crippen molar-refractivity contribution in [2.75, 3.05) is 5.32 Å². The van der Waals surface area contributed by atoms with Crippen molar-refractivity contribution in [3.8, 4) is 0 Å². The smallest absolute Gasteiger partial charge is 0.307 e. The van der Waals surface area contributed by atoms with Crippen LogP contribution in [0.25, 0.3) is 0 Å². The molecular formula is C14H10Cl2N2O3. The number of rotatable bonds is 4. The minimum Gasteiger partial charge on any atom is -0.481 e. The SMILES string of the molecule is O=C(O)Cc1ccc(NC(=O)c2ccc(Cl)nc2Cl)cc1. The molecule has 2 aromatic rings. The Balaban J connectivity index is 2.10. The molecule has 0 aliphatic carbocycles. The minimum absolute atomic E-state index is 0.0162. The number of aliphatic carboxylic acids is 1. The standard InChI is InChI=1S/C14H10Cl2N2O3/c15-11-6-5-10(13(16)18-11)14(21)17-9-3-1-8(2-4-9)7-12(19)20/h1-6H,7H2,(H,17,21)(H,19,20). The van der Waals surface area contributed by atoms with Crippen LogP contribution in [0, 0.1) is 0 Å². The number of amides is 1. The van der Waals surface area contributed by atoms with E-state index in [0.717, 1.165) is 0 Å². The highest BCUT2D eigenvalue weighted by Crippen LogP contribution is 2.18. The van der Waals surface area contributed by atoms with Crippen molar-refractivity contribution in [2.45, 2.75) is 6.42 Å². The fourth-order valence-corrected chi connectivity index (χ4v) is 2.09. The summed E-state index contributed by atoms with van der Waals surface area (Å²) in [5, 5.41) is 11.5. The van der Waals surface area contributed by atoms with Crippen LogP contribution in [0.4, 0.5) is 5.69 Å². The molecule has 0 aliphatic rings. The molecule has 7 heteroatoms. The van der Waals surface area contributed by atoms with Gasteiger partial charge in [-0.2, -0.15) is 0 Å². The van der Waals surface area contributed by atoms with Crippen LogP contribution >= 0.6 is 23.2 Å². The number of carbonyl (C=O) groups excluding carboxylic acids is 1. The third-order valence-corrected chi connectivity index (χ3v) is 3.13. The van der Waals surface area contributed by atoms with E-state index in [0.29, 0.717) is 11.3 Å². The third kappa shape index (κ3) is 4.18. The normalized spacial score (nSPS) is 10.2. The van der Waals surface area contributed by atoms with Gasteiger partial charge < -0.3 is 10.4 Å². The molecule has 0 bridgehead atoms. The van der Waals surface area contributed by atoms with Crippen LogP contribution < -0.4 is 5.32 Å². The Hall–Kier alpha value is -2.11. The maximum Gasteiger partial charge on any atom is 0.307 e. The summed E-state index contributed by atoms with van der Waals surface area (Å²) >= 11 is 11.5. The van der Waals surface area contributed by atoms with Crippen LogP contribution in [0.3, 0.4) is 0 Å². The van der Waals surface area contributed by atoms with Gasteiger partial charge in [-0.15, -0.1) is 0 Å². The van der Waals surface area contributed by atoms with Crippen molar-refractivity contribution in [3.63, 3.8) is 0 Å². The molecule has 0 aliphatic heterocycles. The average Bonchev–Trinajstić information content (AvgIpc) is 2.40. The van der Waals surface area contributed by atoms with E-state index < -0.39 is 11.9 Å². The van der Waals surface area contributed by atoms with Crippen molar-refractivity contribution in [3.05, 3.63) is 57.8 Å². The maximum atomic E-state index is 12.0. The molecule has 2 rings (SSSR count). The van der Waals surface area contributed by atoms with E-state index in [4.69, 9.17) is 28.3 Å². The summed E-state index contributed by atoms with van der Waals surface area (Å²) < 4.78 is 0. The summed E-state index contributed by atoms with van der Waals surface area (Å²) in [6.07, 6.45) is -0.0683. The van der Waals surface area contributed by atoms with Gasteiger partial charge in [-0.1, -0.05) is 35.3 Å². The lowest BCUT2D eigenvalue weighted by atomic mass is 10.1. The Morgan fingerprint density at radius 3 is 2.33 bits per heavy atom. The van der Waals surface area contributed by atoms with Crippen molar-refractivity contribution in [1.29, 1.82) is 0 Å². The number of nitrogens with one attached hydrogen (secondary N) is 1. The number of carboxylic acid groups (broad SMARTS) is 1. The number of benzene rings is 1. The molecule has 1 amide bonds.